The largest absolute Gasteiger partial charge is 0.444 e. The molecule has 0 bridgehead atoms. The first kappa shape index (κ1) is 21.1. The molecule has 1 aliphatic rings. The zero-order valence-corrected chi connectivity index (χ0v) is 17.5. The van der Waals surface area contributed by atoms with Gasteiger partial charge in [0.25, 0.3) is 0 Å². The smallest absolute Gasteiger partial charge is 0.410 e. The van der Waals surface area contributed by atoms with Crippen molar-refractivity contribution in [3.8, 4) is 0 Å². The number of nitrogens with zero attached hydrogens (tertiary/aromatic N) is 1. The molecule has 0 radical (unpaired) electrons. The number of halogens is 1. The van der Waals surface area contributed by atoms with Crippen LogP contribution < -0.4 is 0 Å². The molecule has 3 rings (SSSR count). The molecule has 1 saturated heterocycles. The summed E-state index contributed by atoms with van der Waals surface area (Å²) in [7, 11) is 0. The highest BCUT2D eigenvalue weighted by Crippen LogP contribution is 2.34. The minimum atomic E-state index is -0.622. The van der Waals surface area contributed by atoms with E-state index in [-0.39, 0.29) is 5.83 Å². The molecule has 1 heterocycles. The monoisotopic (exact) mass is 395 g/mol. The van der Waals surface area contributed by atoms with Crippen LogP contribution in [-0.2, 0) is 4.74 Å². The number of rotatable bonds is 3. The molecule has 0 aromatic heterocycles. The predicted molar refractivity (Wildman–Crippen MR) is 115 cm³/mol. The van der Waals surface area contributed by atoms with E-state index in [1.165, 1.54) is 0 Å². The third-order valence-corrected chi connectivity index (χ3v) is 5.04. The number of hydrogen-bond donors (Lipinski definition) is 0. The molecule has 29 heavy (non-hydrogen) atoms. The summed E-state index contributed by atoms with van der Waals surface area (Å²) >= 11 is 0. The Bertz CT molecular complexity index is 799. The summed E-state index contributed by atoms with van der Waals surface area (Å²) in [4.78, 5) is 14.5. The van der Waals surface area contributed by atoms with Crippen LogP contribution in [0.15, 0.2) is 66.5 Å². The van der Waals surface area contributed by atoms with E-state index in [0.717, 1.165) is 30.4 Å². The summed E-state index contributed by atoms with van der Waals surface area (Å²) in [6.45, 7) is 6.01. The lowest BCUT2D eigenvalue weighted by Gasteiger charge is -2.32. The van der Waals surface area contributed by atoms with Gasteiger partial charge in [0.05, 0.1) is 6.04 Å². The predicted octanol–water partition coefficient (Wildman–Crippen LogP) is 6.60. The molecule has 2 aromatic rings. The van der Waals surface area contributed by atoms with E-state index in [4.69, 9.17) is 4.74 Å². The van der Waals surface area contributed by atoms with E-state index in [1.807, 2.05) is 81.4 Å². The molecule has 4 heteroatoms. The zero-order valence-electron chi connectivity index (χ0n) is 17.5. The van der Waals surface area contributed by atoms with Gasteiger partial charge in [0.15, 0.2) is 0 Å². The number of benzene rings is 2. The first-order valence-electron chi connectivity index (χ1n) is 10.4. The standard InChI is InChI=1S/C25H30FNO2/c1-25(2,3)29-24(28)27-18-12-6-11-17-21(27)23(26)22(19-13-7-4-8-14-19)20-15-9-5-10-16-20/h4-5,7-10,13-16,21H,6,11-12,17-18H2,1-3H3. The van der Waals surface area contributed by atoms with Crippen LogP contribution in [0.1, 0.15) is 57.6 Å². The molecule has 0 N–H and O–H groups in total. The van der Waals surface area contributed by atoms with Gasteiger partial charge in [-0.3, -0.25) is 4.90 Å². The summed E-state index contributed by atoms with van der Waals surface area (Å²) in [5.74, 6) is -0.268. The van der Waals surface area contributed by atoms with Crippen molar-refractivity contribution in [2.75, 3.05) is 6.54 Å². The fourth-order valence-electron chi connectivity index (χ4n) is 3.73. The number of carbonyl (C=O) groups excluding carboxylic acids is 1. The Morgan fingerprint density at radius 3 is 2.00 bits per heavy atom. The fraction of sp³-hybridized carbons (Fsp3) is 0.400. The molecular weight excluding hydrogens is 365 g/mol. The topological polar surface area (TPSA) is 29.5 Å². The highest BCUT2D eigenvalue weighted by molar-refractivity contribution is 5.82. The highest BCUT2D eigenvalue weighted by atomic mass is 19.1. The van der Waals surface area contributed by atoms with Gasteiger partial charge in [0.1, 0.15) is 11.4 Å². The molecule has 154 valence electrons. The van der Waals surface area contributed by atoms with Crippen LogP contribution in [0.25, 0.3) is 5.57 Å². The van der Waals surface area contributed by atoms with Crippen LogP contribution >= 0.6 is 0 Å². The van der Waals surface area contributed by atoms with Gasteiger partial charge in [-0.15, -0.1) is 0 Å². The summed E-state index contributed by atoms with van der Waals surface area (Å²) < 4.78 is 21.8. The molecule has 0 spiro atoms. The maximum Gasteiger partial charge on any atom is 0.410 e. The van der Waals surface area contributed by atoms with Crippen LogP contribution in [0.4, 0.5) is 9.18 Å². The Balaban J connectivity index is 2.07. The SMILES string of the molecule is CC(C)(C)OC(=O)N1CCCCCC1C(F)=C(c1ccccc1)c1ccccc1. The summed E-state index contributed by atoms with van der Waals surface area (Å²) in [6.07, 6.45) is 2.87. The number of amides is 1. The van der Waals surface area contributed by atoms with Gasteiger partial charge in [-0.2, -0.15) is 0 Å². The average molecular weight is 396 g/mol. The summed E-state index contributed by atoms with van der Waals surface area (Å²) in [5.41, 5.74) is 1.55. The van der Waals surface area contributed by atoms with Crippen molar-refractivity contribution in [3.05, 3.63) is 77.6 Å². The van der Waals surface area contributed by atoms with E-state index in [2.05, 4.69) is 0 Å². The lowest BCUT2D eigenvalue weighted by Crippen LogP contribution is -2.43. The minimum Gasteiger partial charge on any atom is -0.444 e. The molecule has 1 fully saturated rings. The van der Waals surface area contributed by atoms with Crippen molar-refractivity contribution in [2.24, 2.45) is 0 Å². The lowest BCUT2D eigenvalue weighted by atomic mass is 9.93. The molecule has 0 aliphatic carbocycles. The number of likely N-dealkylation sites (tertiary alicyclic amines) is 1. The molecule has 1 amide bonds. The Morgan fingerprint density at radius 2 is 1.48 bits per heavy atom. The van der Waals surface area contributed by atoms with Gasteiger partial charge < -0.3 is 4.74 Å². The van der Waals surface area contributed by atoms with E-state index < -0.39 is 17.7 Å². The first-order valence-corrected chi connectivity index (χ1v) is 10.4. The van der Waals surface area contributed by atoms with Crippen molar-refractivity contribution in [2.45, 2.75) is 58.1 Å². The third kappa shape index (κ3) is 5.47. The maximum atomic E-state index is 16.2. The Kier molecular flexibility index (Phi) is 6.73. The first-order chi connectivity index (χ1) is 13.9. The van der Waals surface area contributed by atoms with Crippen molar-refractivity contribution in [3.63, 3.8) is 0 Å². The van der Waals surface area contributed by atoms with Crippen molar-refractivity contribution < 1.29 is 13.9 Å². The number of carbonyl (C=O) groups is 1. The van der Waals surface area contributed by atoms with Gasteiger partial charge in [0.2, 0.25) is 0 Å². The second-order valence-corrected chi connectivity index (χ2v) is 8.49. The van der Waals surface area contributed by atoms with Crippen LogP contribution in [0.3, 0.4) is 0 Å². The van der Waals surface area contributed by atoms with Crippen LogP contribution in [0.2, 0.25) is 0 Å². The molecule has 0 saturated carbocycles. The van der Waals surface area contributed by atoms with E-state index >= 15 is 4.39 Å². The second kappa shape index (κ2) is 9.25. The van der Waals surface area contributed by atoms with Crippen molar-refractivity contribution in [1.29, 1.82) is 0 Å². The minimum absolute atomic E-state index is 0.268. The number of hydrogen-bond acceptors (Lipinski definition) is 2. The van der Waals surface area contributed by atoms with Gasteiger partial charge in [0, 0.05) is 12.1 Å². The maximum absolute atomic E-state index is 16.2. The van der Waals surface area contributed by atoms with Crippen LogP contribution in [0.5, 0.6) is 0 Å². The summed E-state index contributed by atoms with van der Waals surface area (Å²) in [5, 5.41) is 0. The normalized spacial score (nSPS) is 17.4. The van der Waals surface area contributed by atoms with Crippen molar-refractivity contribution in [1.82, 2.24) is 4.90 Å². The molecule has 3 nitrogen and oxygen atoms in total. The van der Waals surface area contributed by atoms with Crippen molar-refractivity contribution >= 4 is 11.7 Å². The average Bonchev–Trinajstić information content (AvgIpc) is 2.95. The van der Waals surface area contributed by atoms with Gasteiger partial charge in [-0.1, -0.05) is 73.5 Å². The molecule has 2 aromatic carbocycles. The van der Waals surface area contributed by atoms with Gasteiger partial charge in [-0.05, 0) is 44.7 Å². The van der Waals surface area contributed by atoms with Crippen LogP contribution in [0, 0.1) is 0 Å². The lowest BCUT2D eigenvalue weighted by molar-refractivity contribution is 0.0180. The quantitative estimate of drug-likeness (QED) is 0.586. The molecule has 1 aliphatic heterocycles. The molecule has 1 atom stereocenters. The van der Waals surface area contributed by atoms with Gasteiger partial charge >= 0.3 is 6.09 Å². The second-order valence-electron chi connectivity index (χ2n) is 8.49. The summed E-state index contributed by atoms with van der Waals surface area (Å²) in [6, 6.07) is 18.5. The van der Waals surface area contributed by atoms with E-state index in [1.54, 1.807) is 4.90 Å². The fourth-order valence-corrected chi connectivity index (χ4v) is 3.73. The Morgan fingerprint density at radius 1 is 0.931 bits per heavy atom. The van der Waals surface area contributed by atoms with Crippen LogP contribution in [-0.4, -0.2) is 29.2 Å². The molecular formula is C25H30FNO2. The Hall–Kier alpha value is -2.62. The molecule has 1 unspecified atom stereocenters. The zero-order chi connectivity index (χ0) is 20.9. The third-order valence-electron chi connectivity index (χ3n) is 5.04. The number of ether oxygens (including phenoxy) is 1. The van der Waals surface area contributed by atoms with E-state index in [0.29, 0.717) is 18.5 Å². The van der Waals surface area contributed by atoms with E-state index in [9.17, 15) is 4.79 Å². The Labute approximate surface area is 173 Å². The highest BCUT2D eigenvalue weighted by Gasteiger charge is 2.33. The van der Waals surface area contributed by atoms with Gasteiger partial charge in [-0.25, -0.2) is 9.18 Å².